The number of anilines is 1. The zero-order valence-corrected chi connectivity index (χ0v) is 14.4. The molecule has 1 aromatic heterocycles. The molecule has 0 aliphatic rings. The van der Waals surface area contributed by atoms with E-state index in [0.29, 0.717) is 11.4 Å². The van der Waals surface area contributed by atoms with Crippen molar-refractivity contribution in [3.63, 3.8) is 0 Å². The van der Waals surface area contributed by atoms with E-state index in [1.165, 1.54) is 6.08 Å². The van der Waals surface area contributed by atoms with E-state index in [1.807, 2.05) is 32.0 Å². The van der Waals surface area contributed by atoms with Crippen LogP contribution in [-0.2, 0) is 9.59 Å². The van der Waals surface area contributed by atoms with Gasteiger partial charge in [-0.1, -0.05) is 15.9 Å². The van der Waals surface area contributed by atoms with Crippen LogP contribution in [0.2, 0.25) is 0 Å². The first-order chi connectivity index (χ1) is 10.9. The van der Waals surface area contributed by atoms with Gasteiger partial charge in [-0.15, -0.1) is 0 Å². The van der Waals surface area contributed by atoms with Gasteiger partial charge in [0.1, 0.15) is 11.5 Å². The molecule has 120 valence electrons. The normalized spacial score (nSPS) is 10.7. The largest absolute Gasteiger partial charge is 0.462 e. The predicted molar refractivity (Wildman–Crippen MR) is 93.0 cm³/mol. The molecule has 0 saturated heterocycles. The number of furan rings is 1. The summed E-state index contributed by atoms with van der Waals surface area (Å²) in [6, 6.07) is 9.13. The van der Waals surface area contributed by atoms with E-state index in [9.17, 15) is 9.59 Å². The molecule has 0 bridgehead atoms. The van der Waals surface area contributed by atoms with Gasteiger partial charge in [0.05, 0.1) is 6.54 Å². The van der Waals surface area contributed by atoms with Crippen LogP contribution in [-0.4, -0.2) is 18.4 Å². The molecule has 5 nitrogen and oxygen atoms in total. The van der Waals surface area contributed by atoms with Crippen molar-refractivity contribution in [1.29, 1.82) is 0 Å². The number of benzene rings is 1. The highest BCUT2D eigenvalue weighted by Gasteiger charge is 2.06. The van der Waals surface area contributed by atoms with E-state index in [4.69, 9.17) is 4.42 Å². The predicted octanol–water partition coefficient (Wildman–Crippen LogP) is 3.43. The first-order valence-corrected chi connectivity index (χ1v) is 7.81. The fraction of sp³-hybridized carbons (Fsp3) is 0.176. The van der Waals surface area contributed by atoms with Crippen LogP contribution in [0.4, 0.5) is 5.69 Å². The van der Waals surface area contributed by atoms with Gasteiger partial charge in [0.2, 0.25) is 11.8 Å². The minimum absolute atomic E-state index is 0.101. The molecule has 2 N–H and O–H groups in total. The highest BCUT2D eigenvalue weighted by atomic mass is 79.9. The quantitative estimate of drug-likeness (QED) is 0.785. The van der Waals surface area contributed by atoms with Gasteiger partial charge in [-0.05, 0) is 55.8 Å². The second kappa shape index (κ2) is 7.78. The maximum atomic E-state index is 11.9. The average Bonchev–Trinajstić information content (AvgIpc) is 2.91. The lowest BCUT2D eigenvalue weighted by atomic mass is 10.2. The maximum Gasteiger partial charge on any atom is 0.244 e. The molecule has 1 aromatic carbocycles. The van der Waals surface area contributed by atoms with Gasteiger partial charge in [-0.25, -0.2) is 0 Å². The van der Waals surface area contributed by atoms with Crippen molar-refractivity contribution in [2.45, 2.75) is 13.8 Å². The standard InChI is InChI=1S/C17H17BrN2O3/c1-11-9-13(18)4-7-15(11)20-17(22)10-19-16(21)8-6-14-5-3-12(2)23-14/h3-9H,10H2,1-2H3,(H,19,21)(H,20,22)/b8-6+. The molecular weight excluding hydrogens is 360 g/mol. The Hall–Kier alpha value is -2.34. The summed E-state index contributed by atoms with van der Waals surface area (Å²) in [6.07, 6.45) is 2.88. The Bertz CT molecular complexity index is 750. The van der Waals surface area contributed by atoms with E-state index in [1.54, 1.807) is 18.2 Å². The Morgan fingerprint density at radius 1 is 1.22 bits per heavy atom. The summed E-state index contributed by atoms with van der Waals surface area (Å²) in [5, 5.41) is 5.27. The highest BCUT2D eigenvalue weighted by Crippen LogP contribution is 2.19. The third-order valence-corrected chi connectivity index (χ3v) is 3.54. The number of rotatable bonds is 5. The molecule has 0 atom stereocenters. The van der Waals surface area contributed by atoms with Crippen molar-refractivity contribution in [2.75, 3.05) is 11.9 Å². The molecule has 2 amide bonds. The van der Waals surface area contributed by atoms with Crippen LogP contribution in [0.3, 0.4) is 0 Å². The van der Waals surface area contributed by atoms with Crippen LogP contribution in [0.5, 0.6) is 0 Å². The number of halogens is 1. The van der Waals surface area contributed by atoms with Crippen molar-refractivity contribution in [1.82, 2.24) is 5.32 Å². The van der Waals surface area contributed by atoms with Crippen LogP contribution < -0.4 is 10.6 Å². The second-order valence-electron chi connectivity index (χ2n) is 5.01. The molecule has 0 unspecified atom stereocenters. The molecule has 0 fully saturated rings. The third-order valence-electron chi connectivity index (χ3n) is 3.05. The van der Waals surface area contributed by atoms with Gasteiger partial charge >= 0.3 is 0 Å². The number of carbonyl (C=O) groups excluding carboxylic acids is 2. The molecule has 2 rings (SSSR count). The molecule has 0 radical (unpaired) electrons. The monoisotopic (exact) mass is 376 g/mol. The lowest BCUT2D eigenvalue weighted by Crippen LogP contribution is -2.31. The van der Waals surface area contributed by atoms with Gasteiger partial charge in [0.15, 0.2) is 0 Å². The topological polar surface area (TPSA) is 71.3 Å². The first kappa shape index (κ1) is 17.0. The van der Waals surface area contributed by atoms with Crippen LogP contribution in [0, 0.1) is 13.8 Å². The Morgan fingerprint density at radius 3 is 2.65 bits per heavy atom. The van der Waals surface area contributed by atoms with E-state index in [0.717, 1.165) is 15.8 Å². The molecule has 23 heavy (non-hydrogen) atoms. The van der Waals surface area contributed by atoms with Gasteiger partial charge in [-0.2, -0.15) is 0 Å². The molecule has 2 aromatic rings. The summed E-state index contributed by atoms with van der Waals surface area (Å²) >= 11 is 3.37. The van der Waals surface area contributed by atoms with Gasteiger partial charge in [-0.3, -0.25) is 9.59 Å². The molecule has 0 aliphatic carbocycles. The molecule has 0 saturated carbocycles. The van der Waals surface area contributed by atoms with Crippen molar-refractivity contribution in [3.05, 3.63) is 58.0 Å². The number of amides is 2. The Labute approximate surface area is 142 Å². The number of hydrogen-bond donors (Lipinski definition) is 2. The second-order valence-corrected chi connectivity index (χ2v) is 5.92. The number of hydrogen-bond acceptors (Lipinski definition) is 3. The summed E-state index contributed by atoms with van der Waals surface area (Å²) in [5.74, 6) is 0.717. The zero-order valence-electron chi connectivity index (χ0n) is 12.9. The number of carbonyl (C=O) groups is 2. The fourth-order valence-electron chi connectivity index (χ4n) is 1.89. The number of nitrogens with one attached hydrogen (secondary N) is 2. The van der Waals surface area contributed by atoms with Crippen LogP contribution in [0.1, 0.15) is 17.1 Å². The summed E-state index contributed by atoms with van der Waals surface area (Å²) in [4.78, 5) is 23.5. The lowest BCUT2D eigenvalue weighted by molar-refractivity contribution is -0.121. The van der Waals surface area contributed by atoms with E-state index in [2.05, 4.69) is 26.6 Å². The fourth-order valence-corrected chi connectivity index (χ4v) is 2.36. The molecule has 0 spiro atoms. The summed E-state index contributed by atoms with van der Waals surface area (Å²) < 4.78 is 6.26. The van der Waals surface area contributed by atoms with Crippen LogP contribution >= 0.6 is 15.9 Å². The Kier molecular flexibility index (Phi) is 5.76. The van der Waals surface area contributed by atoms with E-state index >= 15 is 0 Å². The first-order valence-electron chi connectivity index (χ1n) is 7.02. The van der Waals surface area contributed by atoms with E-state index < -0.39 is 0 Å². The maximum absolute atomic E-state index is 11.9. The minimum Gasteiger partial charge on any atom is -0.462 e. The average molecular weight is 377 g/mol. The highest BCUT2D eigenvalue weighted by molar-refractivity contribution is 9.10. The van der Waals surface area contributed by atoms with Crippen molar-refractivity contribution < 1.29 is 14.0 Å². The third kappa shape index (κ3) is 5.41. The number of aryl methyl sites for hydroxylation is 2. The van der Waals surface area contributed by atoms with Crippen molar-refractivity contribution in [3.8, 4) is 0 Å². The molecule has 1 heterocycles. The molecular formula is C17H17BrN2O3. The molecule has 6 heteroatoms. The van der Waals surface area contributed by atoms with Gasteiger partial charge in [0.25, 0.3) is 0 Å². The van der Waals surface area contributed by atoms with Gasteiger partial charge < -0.3 is 15.1 Å². The van der Waals surface area contributed by atoms with Crippen molar-refractivity contribution >= 4 is 39.5 Å². The smallest absolute Gasteiger partial charge is 0.244 e. The SMILES string of the molecule is Cc1ccc(/C=C/C(=O)NCC(=O)Nc2ccc(Br)cc2C)o1. The zero-order chi connectivity index (χ0) is 16.8. The summed E-state index contributed by atoms with van der Waals surface area (Å²) in [6.45, 7) is 3.62. The van der Waals surface area contributed by atoms with Gasteiger partial charge in [0, 0.05) is 16.2 Å². The van der Waals surface area contributed by atoms with E-state index in [-0.39, 0.29) is 18.4 Å². The Morgan fingerprint density at radius 2 is 2.00 bits per heavy atom. The Balaban J connectivity index is 1.81. The minimum atomic E-state index is -0.360. The van der Waals surface area contributed by atoms with Crippen molar-refractivity contribution in [2.24, 2.45) is 0 Å². The summed E-state index contributed by atoms with van der Waals surface area (Å²) in [7, 11) is 0. The summed E-state index contributed by atoms with van der Waals surface area (Å²) in [5.41, 5.74) is 1.65. The van der Waals surface area contributed by atoms with Crippen LogP contribution in [0.25, 0.3) is 6.08 Å². The van der Waals surface area contributed by atoms with Crippen LogP contribution in [0.15, 0.2) is 45.3 Å². The lowest BCUT2D eigenvalue weighted by Gasteiger charge is -2.08. The molecule has 0 aliphatic heterocycles.